The summed E-state index contributed by atoms with van der Waals surface area (Å²) in [4.78, 5) is 23.7. The maximum absolute atomic E-state index is 11.6. The van der Waals surface area contributed by atoms with E-state index in [1.54, 1.807) is 19.1 Å². The summed E-state index contributed by atoms with van der Waals surface area (Å²) >= 11 is 1.19. The molecule has 94 valence electrons. The molecule has 1 aromatic heterocycles. The van der Waals surface area contributed by atoms with Gasteiger partial charge >= 0.3 is 0 Å². The lowest BCUT2D eigenvalue weighted by Crippen LogP contribution is -2.23. The number of hydrogen-bond donors (Lipinski definition) is 2. The van der Waals surface area contributed by atoms with Crippen molar-refractivity contribution in [2.45, 2.75) is 6.92 Å². The Morgan fingerprint density at radius 2 is 2.11 bits per heavy atom. The topological polar surface area (TPSA) is 71.2 Å². The molecule has 6 heteroatoms. The van der Waals surface area contributed by atoms with Gasteiger partial charge in [-0.15, -0.1) is 0 Å². The van der Waals surface area contributed by atoms with Gasteiger partial charge in [0.05, 0.1) is 0 Å². The Hall–Kier alpha value is -2.08. The zero-order valence-electron chi connectivity index (χ0n) is 9.73. The number of H-pyrrole nitrogens is 1. The van der Waals surface area contributed by atoms with E-state index in [9.17, 15) is 9.59 Å². The van der Waals surface area contributed by atoms with Crippen LogP contribution in [0.15, 0.2) is 35.1 Å². The number of aryl methyl sites for hydroxylation is 1. The number of aromatic amines is 1. The van der Waals surface area contributed by atoms with Crippen LogP contribution in [-0.2, 0) is 4.79 Å². The van der Waals surface area contributed by atoms with Crippen LogP contribution in [0.2, 0.25) is 0 Å². The average Bonchev–Trinajstić information content (AvgIpc) is 2.69. The first-order valence-corrected chi connectivity index (χ1v) is 6.14. The lowest BCUT2D eigenvalue weighted by atomic mass is 10.3. The summed E-state index contributed by atoms with van der Waals surface area (Å²) in [7, 11) is 0. The Morgan fingerprint density at radius 3 is 2.72 bits per heavy atom. The van der Waals surface area contributed by atoms with E-state index in [0.29, 0.717) is 11.4 Å². The Balaban J connectivity index is 1.92. The number of amides is 1. The van der Waals surface area contributed by atoms with Gasteiger partial charge in [0.1, 0.15) is 11.4 Å². The van der Waals surface area contributed by atoms with Crippen molar-refractivity contribution in [2.75, 3.05) is 11.9 Å². The molecule has 0 spiro atoms. The first-order valence-electron chi connectivity index (χ1n) is 5.32. The summed E-state index contributed by atoms with van der Waals surface area (Å²) in [5, 5.41) is 2.53. The standard InChI is InChI=1S/C12H12N2O3S/c1-8-11(12(16)14-18-8)13-10(15)7-17-9-5-3-2-4-6-9/h2-6H,7H2,1H3,(H,13,15)(H,14,16). The zero-order chi connectivity index (χ0) is 13.0. The van der Waals surface area contributed by atoms with E-state index in [1.807, 2.05) is 18.2 Å². The summed E-state index contributed by atoms with van der Waals surface area (Å²) in [5.41, 5.74) is 0.00669. The van der Waals surface area contributed by atoms with E-state index in [-0.39, 0.29) is 18.1 Å². The Kier molecular flexibility index (Phi) is 3.78. The van der Waals surface area contributed by atoms with Crippen LogP contribution in [0.1, 0.15) is 4.88 Å². The molecule has 2 N–H and O–H groups in total. The normalized spacial score (nSPS) is 10.1. The molecule has 0 saturated heterocycles. The highest BCUT2D eigenvalue weighted by molar-refractivity contribution is 7.06. The largest absolute Gasteiger partial charge is 0.484 e. The smallest absolute Gasteiger partial charge is 0.282 e. The van der Waals surface area contributed by atoms with E-state index >= 15 is 0 Å². The maximum atomic E-state index is 11.6. The van der Waals surface area contributed by atoms with Crippen LogP contribution < -0.4 is 15.6 Å². The van der Waals surface area contributed by atoms with Gasteiger partial charge in [-0.1, -0.05) is 29.7 Å². The fraction of sp³-hybridized carbons (Fsp3) is 0.167. The van der Waals surface area contributed by atoms with Gasteiger partial charge in [0, 0.05) is 4.88 Å². The molecular weight excluding hydrogens is 252 g/mol. The van der Waals surface area contributed by atoms with Gasteiger partial charge in [-0.05, 0) is 19.1 Å². The lowest BCUT2D eigenvalue weighted by molar-refractivity contribution is -0.118. The van der Waals surface area contributed by atoms with E-state index in [2.05, 4.69) is 9.69 Å². The van der Waals surface area contributed by atoms with E-state index in [4.69, 9.17) is 4.74 Å². The molecular formula is C12H12N2O3S. The molecule has 5 nitrogen and oxygen atoms in total. The summed E-state index contributed by atoms with van der Waals surface area (Å²) in [6.45, 7) is 1.63. The molecule has 0 aliphatic rings. The Labute approximate surface area is 108 Å². The average molecular weight is 264 g/mol. The molecule has 1 aromatic carbocycles. The van der Waals surface area contributed by atoms with Crippen LogP contribution in [-0.4, -0.2) is 16.9 Å². The maximum Gasteiger partial charge on any atom is 0.282 e. The molecule has 2 rings (SSSR count). The quantitative estimate of drug-likeness (QED) is 0.884. The Bertz CT molecular complexity index is 589. The van der Waals surface area contributed by atoms with Crippen LogP contribution in [0, 0.1) is 6.92 Å². The van der Waals surface area contributed by atoms with Crippen LogP contribution in [0.3, 0.4) is 0 Å². The first kappa shape index (κ1) is 12.4. The second-order valence-electron chi connectivity index (χ2n) is 3.61. The third kappa shape index (κ3) is 2.98. The minimum absolute atomic E-state index is 0.126. The molecule has 0 aliphatic carbocycles. The number of hydrogen-bond acceptors (Lipinski definition) is 4. The van der Waals surface area contributed by atoms with Crippen LogP contribution in [0.25, 0.3) is 0 Å². The van der Waals surface area contributed by atoms with Gasteiger partial charge < -0.3 is 10.1 Å². The number of nitrogens with one attached hydrogen (secondary N) is 2. The molecule has 0 fully saturated rings. The molecule has 18 heavy (non-hydrogen) atoms. The first-order chi connectivity index (χ1) is 8.66. The number of carbonyl (C=O) groups excluding carboxylic acids is 1. The van der Waals surface area contributed by atoms with Crippen LogP contribution in [0.4, 0.5) is 5.69 Å². The predicted molar refractivity (Wildman–Crippen MR) is 70.2 cm³/mol. The predicted octanol–water partition coefficient (Wildman–Crippen LogP) is 1.76. The van der Waals surface area contributed by atoms with Gasteiger partial charge in [-0.3, -0.25) is 14.0 Å². The molecule has 1 heterocycles. The van der Waals surface area contributed by atoms with Gasteiger partial charge in [-0.25, -0.2) is 0 Å². The molecule has 1 amide bonds. The third-order valence-electron chi connectivity index (χ3n) is 2.25. The van der Waals surface area contributed by atoms with Crippen molar-refractivity contribution in [2.24, 2.45) is 0 Å². The van der Waals surface area contributed by atoms with Crippen molar-refractivity contribution in [3.8, 4) is 5.75 Å². The lowest BCUT2D eigenvalue weighted by Gasteiger charge is -2.05. The highest BCUT2D eigenvalue weighted by Crippen LogP contribution is 2.12. The van der Waals surface area contributed by atoms with Gasteiger partial charge in [0.15, 0.2) is 6.61 Å². The van der Waals surface area contributed by atoms with Crippen molar-refractivity contribution in [1.29, 1.82) is 0 Å². The number of rotatable bonds is 4. The second-order valence-corrected chi connectivity index (χ2v) is 4.63. The van der Waals surface area contributed by atoms with Gasteiger partial charge in [0.25, 0.3) is 11.5 Å². The van der Waals surface area contributed by atoms with Gasteiger partial charge in [0.2, 0.25) is 0 Å². The van der Waals surface area contributed by atoms with Crippen molar-refractivity contribution in [1.82, 2.24) is 4.37 Å². The molecule has 0 radical (unpaired) electrons. The van der Waals surface area contributed by atoms with Crippen molar-refractivity contribution in [3.63, 3.8) is 0 Å². The molecule has 0 aliphatic heterocycles. The second kappa shape index (κ2) is 5.50. The molecule has 0 saturated carbocycles. The van der Waals surface area contributed by atoms with E-state index in [1.165, 1.54) is 11.5 Å². The summed E-state index contributed by atoms with van der Waals surface area (Å²) < 4.78 is 7.82. The number of aromatic nitrogens is 1. The number of benzene rings is 1. The summed E-state index contributed by atoms with van der Waals surface area (Å²) in [5.74, 6) is 0.259. The van der Waals surface area contributed by atoms with Crippen molar-refractivity contribution in [3.05, 3.63) is 45.6 Å². The minimum Gasteiger partial charge on any atom is -0.484 e. The van der Waals surface area contributed by atoms with E-state index < -0.39 is 0 Å². The highest BCUT2D eigenvalue weighted by atomic mass is 32.1. The number of para-hydroxylation sites is 1. The fourth-order valence-corrected chi connectivity index (χ4v) is 1.96. The van der Waals surface area contributed by atoms with Crippen molar-refractivity contribution >= 4 is 23.1 Å². The van der Waals surface area contributed by atoms with Crippen molar-refractivity contribution < 1.29 is 9.53 Å². The zero-order valence-corrected chi connectivity index (χ0v) is 10.5. The SMILES string of the molecule is Cc1s[nH]c(=O)c1NC(=O)COc1ccccc1. The monoisotopic (exact) mass is 264 g/mol. The van der Waals surface area contributed by atoms with Gasteiger partial charge in [-0.2, -0.15) is 0 Å². The number of anilines is 1. The summed E-state index contributed by atoms with van der Waals surface area (Å²) in [6, 6.07) is 9.02. The Morgan fingerprint density at radius 1 is 1.39 bits per heavy atom. The minimum atomic E-state index is -0.356. The summed E-state index contributed by atoms with van der Waals surface area (Å²) in [6.07, 6.45) is 0. The highest BCUT2D eigenvalue weighted by Gasteiger charge is 2.10. The van der Waals surface area contributed by atoms with E-state index in [0.717, 1.165) is 4.88 Å². The number of ether oxygens (including phenoxy) is 1. The third-order valence-corrected chi connectivity index (χ3v) is 3.05. The molecule has 0 bridgehead atoms. The molecule has 2 aromatic rings. The molecule has 0 unspecified atom stereocenters. The van der Waals surface area contributed by atoms with Crippen LogP contribution >= 0.6 is 11.5 Å². The fourth-order valence-electron chi connectivity index (χ4n) is 1.37. The molecule has 0 atom stereocenters. The number of carbonyl (C=O) groups is 1. The van der Waals surface area contributed by atoms with Crippen LogP contribution in [0.5, 0.6) is 5.75 Å².